The van der Waals surface area contributed by atoms with E-state index in [1.807, 2.05) is 25.5 Å². The van der Waals surface area contributed by atoms with Gasteiger partial charge in [0.15, 0.2) is 0 Å². The van der Waals surface area contributed by atoms with Crippen molar-refractivity contribution in [3.63, 3.8) is 0 Å². The van der Waals surface area contributed by atoms with Crippen LogP contribution in [-0.2, 0) is 22.5 Å². The van der Waals surface area contributed by atoms with Crippen molar-refractivity contribution in [2.75, 3.05) is 13.1 Å². The van der Waals surface area contributed by atoms with Gasteiger partial charge < -0.3 is 9.64 Å². The van der Waals surface area contributed by atoms with Gasteiger partial charge in [-0.25, -0.2) is 9.78 Å². The molecule has 128 valence electrons. The fourth-order valence-corrected chi connectivity index (χ4v) is 2.64. The number of hydrogen-bond acceptors (Lipinski definition) is 5. The van der Waals surface area contributed by atoms with Crippen molar-refractivity contribution >= 4 is 11.9 Å². The van der Waals surface area contributed by atoms with Gasteiger partial charge in [-0.15, -0.1) is 0 Å². The number of amides is 1. The quantitative estimate of drug-likeness (QED) is 0.848. The predicted molar refractivity (Wildman–Crippen MR) is 84.9 cm³/mol. The number of nitrogens with zero attached hydrogens (tertiary/aromatic N) is 4. The van der Waals surface area contributed by atoms with Crippen molar-refractivity contribution in [2.45, 2.75) is 59.1 Å². The highest BCUT2D eigenvalue weighted by Crippen LogP contribution is 2.20. The molecule has 1 aromatic rings. The number of carbonyl (C=O) groups excluding carboxylic acids is 2. The summed E-state index contributed by atoms with van der Waals surface area (Å²) in [6.45, 7) is 9.17. The van der Waals surface area contributed by atoms with Crippen molar-refractivity contribution in [3.05, 3.63) is 12.2 Å². The van der Waals surface area contributed by atoms with Gasteiger partial charge in [0.05, 0.1) is 0 Å². The van der Waals surface area contributed by atoms with E-state index < -0.39 is 5.60 Å². The number of rotatable bonds is 4. The van der Waals surface area contributed by atoms with Gasteiger partial charge in [0.25, 0.3) is 0 Å². The maximum Gasteiger partial charge on any atom is 0.410 e. The Hall–Kier alpha value is -1.92. The van der Waals surface area contributed by atoms with E-state index >= 15 is 0 Å². The number of aryl methyl sites for hydroxylation is 1. The number of carbonyl (C=O) groups is 2. The lowest BCUT2D eigenvalue weighted by Gasteiger charge is -2.33. The van der Waals surface area contributed by atoms with Gasteiger partial charge in [-0.3, -0.25) is 9.48 Å². The molecule has 0 radical (unpaired) electrons. The molecular weight excluding hydrogens is 296 g/mol. The molecule has 1 fully saturated rings. The molecule has 0 saturated carbocycles. The highest BCUT2D eigenvalue weighted by Gasteiger charge is 2.33. The maximum absolute atomic E-state index is 12.2. The Bertz CT molecular complexity index is 562. The smallest absolute Gasteiger partial charge is 0.410 e. The van der Waals surface area contributed by atoms with E-state index in [0.717, 1.165) is 18.8 Å². The Morgan fingerprint density at radius 3 is 2.83 bits per heavy atom. The maximum atomic E-state index is 12.2. The topological polar surface area (TPSA) is 77.3 Å². The summed E-state index contributed by atoms with van der Waals surface area (Å²) in [4.78, 5) is 30.3. The van der Waals surface area contributed by atoms with Gasteiger partial charge in [0, 0.05) is 38.4 Å². The van der Waals surface area contributed by atoms with Crippen LogP contribution in [0.15, 0.2) is 6.33 Å². The van der Waals surface area contributed by atoms with E-state index in [9.17, 15) is 9.59 Å². The average molecular weight is 322 g/mol. The third-order valence-corrected chi connectivity index (χ3v) is 3.74. The van der Waals surface area contributed by atoms with E-state index in [4.69, 9.17) is 4.74 Å². The molecular formula is C16H26N4O3. The van der Waals surface area contributed by atoms with Crippen molar-refractivity contribution in [2.24, 2.45) is 5.92 Å². The Balaban J connectivity index is 2.02. The molecule has 2 heterocycles. The van der Waals surface area contributed by atoms with Crippen LogP contribution >= 0.6 is 0 Å². The summed E-state index contributed by atoms with van der Waals surface area (Å²) in [5.74, 6) is 0.739. The molecule has 1 atom stereocenters. The number of Topliss-reactive ketones (excluding diaryl/α,β-unsaturated/α-hetero) is 1. The Morgan fingerprint density at radius 1 is 1.43 bits per heavy atom. The SMILES string of the molecule is CCCn1ncnc1CC1CN(C(=O)OC(C)(C)C)CCC1=O. The summed E-state index contributed by atoms with van der Waals surface area (Å²) in [5, 5.41) is 4.19. The van der Waals surface area contributed by atoms with Crippen LogP contribution in [0.3, 0.4) is 0 Å². The molecule has 0 aromatic carbocycles. The monoisotopic (exact) mass is 322 g/mol. The molecule has 1 saturated heterocycles. The summed E-state index contributed by atoms with van der Waals surface area (Å²) in [7, 11) is 0. The molecule has 1 aliphatic rings. The predicted octanol–water partition coefficient (Wildman–Crippen LogP) is 2.06. The van der Waals surface area contributed by atoms with Crippen LogP contribution in [0.1, 0.15) is 46.4 Å². The van der Waals surface area contributed by atoms with Crippen molar-refractivity contribution in [1.29, 1.82) is 0 Å². The summed E-state index contributed by atoms with van der Waals surface area (Å²) in [6.07, 6.45) is 3.00. The van der Waals surface area contributed by atoms with Crippen LogP contribution in [-0.4, -0.2) is 50.2 Å². The van der Waals surface area contributed by atoms with Gasteiger partial charge in [0.1, 0.15) is 23.5 Å². The number of likely N-dealkylation sites (tertiary alicyclic amines) is 1. The largest absolute Gasteiger partial charge is 0.444 e. The Labute approximate surface area is 137 Å². The first-order valence-corrected chi connectivity index (χ1v) is 8.17. The molecule has 7 heteroatoms. The van der Waals surface area contributed by atoms with Gasteiger partial charge in [-0.2, -0.15) is 5.10 Å². The number of aromatic nitrogens is 3. The number of ether oxygens (including phenoxy) is 1. The first-order valence-electron chi connectivity index (χ1n) is 8.17. The van der Waals surface area contributed by atoms with Crippen LogP contribution in [0.4, 0.5) is 4.79 Å². The molecule has 7 nitrogen and oxygen atoms in total. The molecule has 0 aliphatic carbocycles. The number of piperidine rings is 1. The fraction of sp³-hybridized carbons (Fsp3) is 0.750. The standard InChI is InChI=1S/C16H26N4O3/c1-5-7-20-14(17-11-18-20)9-12-10-19(8-6-13(12)21)15(22)23-16(2,3)4/h11-12H,5-10H2,1-4H3. The zero-order valence-electron chi connectivity index (χ0n) is 14.4. The lowest BCUT2D eigenvalue weighted by molar-refractivity contribution is -0.126. The minimum absolute atomic E-state index is 0.177. The summed E-state index contributed by atoms with van der Waals surface area (Å²) in [6, 6.07) is 0. The van der Waals surface area contributed by atoms with Gasteiger partial charge in [0.2, 0.25) is 0 Å². The van der Waals surface area contributed by atoms with E-state index in [-0.39, 0.29) is 17.8 Å². The van der Waals surface area contributed by atoms with E-state index in [2.05, 4.69) is 17.0 Å². The van der Waals surface area contributed by atoms with Crippen molar-refractivity contribution < 1.29 is 14.3 Å². The summed E-state index contributed by atoms with van der Waals surface area (Å²) < 4.78 is 7.23. The Kier molecular flexibility index (Phi) is 5.38. The third-order valence-electron chi connectivity index (χ3n) is 3.74. The first-order chi connectivity index (χ1) is 10.8. The zero-order valence-corrected chi connectivity index (χ0v) is 14.4. The van der Waals surface area contributed by atoms with Crippen LogP contribution in [0, 0.1) is 5.92 Å². The molecule has 1 unspecified atom stereocenters. The minimum atomic E-state index is -0.532. The normalized spacial score (nSPS) is 19.0. The second-order valence-electron chi connectivity index (χ2n) is 6.94. The summed E-state index contributed by atoms with van der Waals surface area (Å²) >= 11 is 0. The second-order valence-corrected chi connectivity index (χ2v) is 6.94. The number of hydrogen-bond donors (Lipinski definition) is 0. The number of ketones is 1. The zero-order chi connectivity index (χ0) is 17.0. The minimum Gasteiger partial charge on any atom is -0.444 e. The Morgan fingerprint density at radius 2 is 2.17 bits per heavy atom. The highest BCUT2D eigenvalue weighted by atomic mass is 16.6. The van der Waals surface area contributed by atoms with Gasteiger partial charge >= 0.3 is 6.09 Å². The van der Waals surface area contributed by atoms with Crippen LogP contribution in [0.5, 0.6) is 0 Å². The fourth-order valence-electron chi connectivity index (χ4n) is 2.64. The second kappa shape index (κ2) is 7.10. The lowest BCUT2D eigenvalue weighted by Crippen LogP contribution is -2.46. The average Bonchev–Trinajstić information content (AvgIpc) is 2.87. The molecule has 1 aromatic heterocycles. The van der Waals surface area contributed by atoms with Crippen LogP contribution in [0.2, 0.25) is 0 Å². The van der Waals surface area contributed by atoms with E-state index in [0.29, 0.717) is 25.9 Å². The highest BCUT2D eigenvalue weighted by molar-refractivity contribution is 5.84. The lowest BCUT2D eigenvalue weighted by atomic mass is 9.93. The molecule has 0 N–H and O–H groups in total. The molecule has 0 bridgehead atoms. The summed E-state index contributed by atoms with van der Waals surface area (Å²) in [5.41, 5.74) is -0.532. The van der Waals surface area contributed by atoms with Crippen molar-refractivity contribution in [1.82, 2.24) is 19.7 Å². The first kappa shape index (κ1) is 17.4. The molecule has 0 spiro atoms. The van der Waals surface area contributed by atoms with Gasteiger partial charge in [-0.1, -0.05) is 6.92 Å². The molecule has 1 amide bonds. The third kappa shape index (κ3) is 4.77. The molecule has 2 rings (SSSR count). The van der Waals surface area contributed by atoms with Crippen molar-refractivity contribution in [3.8, 4) is 0 Å². The molecule has 23 heavy (non-hydrogen) atoms. The van der Waals surface area contributed by atoms with E-state index in [1.165, 1.54) is 6.33 Å². The van der Waals surface area contributed by atoms with Gasteiger partial charge in [-0.05, 0) is 27.2 Å². The van der Waals surface area contributed by atoms with E-state index in [1.54, 1.807) is 4.90 Å². The molecule has 1 aliphatic heterocycles. The van der Waals surface area contributed by atoms with Crippen LogP contribution < -0.4 is 0 Å². The van der Waals surface area contributed by atoms with Crippen LogP contribution in [0.25, 0.3) is 0 Å².